The van der Waals surface area contributed by atoms with Gasteiger partial charge < -0.3 is 19.5 Å². The molecule has 29 heavy (non-hydrogen) atoms. The van der Waals surface area contributed by atoms with Gasteiger partial charge in [0.25, 0.3) is 17.7 Å². The van der Waals surface area contributed by atoms with Crippen molar-refractivity contribution in [2.45, 2.75) is 29.3 Å². The SMILES string of the molecule is COc1cc2c(cc1OC)C(=O)N(C1C(=O)N3C(C(=O)O)[C@](C)(Cl)CS[C@H]13)C2=O. The Morgan fingerprint density at radius 2 is 1.69 bits per heavy atom. The van der Waals surface area contributed by atoms with Crippen LogP contribution in [0.15, 0.2) is 12.1 Å². The average Bonchev–Trinajstić information content (AvgIpc) is 2.90. The fourth-order valence-corrected chi connectivity index (χ4v) is 5.83. The quantitative estimate of drug-likeness (QED) is 0.419. The van der Waals surface area contributed by atoms with E-state index in [1.165, 1.54) is 38.1 Å². The summed E-state index contributed by atoms with van der Waals surface area (Å²) >= 11 is 7.58. The minimum Gasteiger partial charge on any atom is -0.493 e. The number of nitrogens with zero attached hydrogens (tertiary/aromatic N) is 2. The van der Waals surface area contributed by atoms with Crippen molar-refractivity contribution < 1.29 is 33.8 Å². The number of alkyl halides is 1. The summed E-state index contributed by atoms with van der Waals surface area (Å²) < 4.78 is 10.4. The van der Waals surface area contributed by atoms with Crippen LogP contribution in [-0.2, 0) is 9.59 Å². The summed E-state index contributed by atoms with van der Waals surface area (Å²) in [6.45, 7) is 1.55. The first-order valence-corrected chi connectivity index (χ1v) is 10.1. The molecule has 154 valence electrons. The lowest BCUT2D eigenvalue weighted by atomic mass is 9.93. The molecular formula is C18H17ClN2O7S. The van der Waals surface area contributed by atoms with Crippen LogP contribution in [0.25, 0.3) is 0 Å². The Morgan fingerprint density at radius 3 is 2.14 bits per heavy atom. The highest BCUT2D eigenvalue weighted by molar-refractivity contribution is 8.00. The average molecular weight is 441 g/mol. The van der Waals surface area contributed by atoms with Gasteiger partial charge in [0.05, 0.1) is 30.2 Å². The Balaban J connectivity index is 1.69. The molecule has 4 atom stereocenters. The predicted molar refractivity (Wildman–Crippen MR) is 103 cm³/mol. The second-order valence-electron chi connectivity index (χ2n) is 7.14. The van der Waals surface area contributed by atoms with E-state index in [2.05, 4.69) is 0 Å². The molecule has 3 amide bonds. The normalized spacial score (nSPS) is 30.6. The van der Waals surface area contributed by atoms with Crippen molar-refractivity contribution in [3.8, 4) is 11.5 Å². The maximum Gasteiger partial charge on any atom is 0.328 e. The third-order valence-corrected chi connectivity index (χ3v) is 7.46. The number of fused-ring (bicyclic) bond motifs is 2. The zero-order chi connectivity index (χ0) is 21.2. The molecule has 4 rings (SSSR count). The molecule has 0 aromatic heterocycles. The molecule has 0 aliphatic carbocycles. The number of halogens is 1. The molecule has 0 spiro atoms. The highest BCUT2D eigenvalue weighted by Crippen LogP contribution is 2.48. The van der Waals surface area contributed by atoms with Crippen molar-refractivity contribution in [3.05, 3.63) is 23.3 Å². The Labute approximate surface area is 174 Å². The number of hydrogen-bond donors (Lipinski definition) is 1. The van der Waals surface area contributed by atoms with Gasteiger partial charge in [0.15, 0.2) is 11.5 Å². The zero-order valence-corrected chi connectivity index (χ0v) is 17.2. The summed E-state index contributed by atoms with van der Waals surface area (Å²) in [5, 5.41) is 8.90. The van der Waals surface area contributed by atoms with E-state index in [1.54, 1.807) is 6.92 Å². The standard InChI is InChI=1S/C18H17ClN2O7S/c1-18(19)6-29-16-11(15(24)21(16)12(18)17(25)26)20-13(22)7-4-9(27-2)10(28-3)5-8(7)14(20)23/h4-5,11-12,16H,6H2,1-3H3,(H,25,26)/t11?,12?,16-,18-/m1/s1. The number of carboxylic acid groups (broad SMARTS) is 1. The molecule has 3 aliphatic rings. The number of thioether (sulfide) groups is 1. The van der Waals surface area contributed by atoms with Crippen molar-refractivity contribution in [3.63, 3.8) is 0 Å². The van der Waals surface area contributed by atoms with Gasteiger partial charge in [-0.2, -0.15) is 0 Å². The van der Waals surface area contributed by atoms with Gasteiger partial charge in [-0.15, -0.1) is 23.4 Å². The molecule has 3 aliphatic heterocycles. The maximum absolute atomic E-state index is 13.0. The van der Waals surface area contributed by atoms with Crippen LogP contribution in [0.4, 0.5) is 0 Å². The molecule has 11 heteroatoms. The van der Waals surface area contributed by atoms with E-state index in [0.717, 1.165) is 9.80 Å². The highest BCUT2D eigenvalue weighted by atomic mass is 35.5. The van der Waals surface area contributed by atoms with Gasteiger partial charge in [0.1, 0.15) is 17.5 Å². The van der Waals surface area contributed by atoms with Crippen LogP contribution < -0.4 is 9.47 Å². The molecule has 1 aromatic rings. The van der Waals surface area contributed by atoms with Gasteiger partial charge in [-0.25, -0.2) is 4.79 Å². The molecular weight excluding hydrogens is 424 g/mol. The number of β-lactam (4-membered cyclic amide) rings is 1. The Morgan fingerprint density at radius 1 is 1.17 bits per heavy atom. The number of carbonyl (C=O) groups excluding carboxylic acids is 3. The van der Waals surface area contributed by atoms with Gasteiger partial charge in [-0.05, 0) is 19.1 Å². The monoisotopic (exact) mass is 440 g/mol. The van der Waals surface area contributed by atoms with E-state index in [4.69, 9.17) is 21.1 Å². The molecule has 2 unspecified atom stereocenters. The second kappa shape index (κ2) is 6.53. The number of carbonyl (C=O) groups is 4. The highest BCUT2D eigenvalue weighted by Gasteiger charge is 2.64. The summed E-state index contributed by atoms with van der Waals surface area (Å²) in [6.07, 6.45) is 0. The summed E-state index contributed by atoms with van der Waals surface area (Å²) in [6, 6.07) is 0.479. The Bertz CT molecular complexity index is 923. The minimum absolute atomic E-state index is 0.108. The predicted octanol–water partition coefficient (Wildman–Crippen LogP) is 1.03. The topological polar surface area (TPSA) is 113 Å². The smallest absolute Gasteiger partial charge is 0.328 e. The van der Waals surface area contributed by atoms with Gasteiger partial charge in [0.2, 0.25) is 0 Å². The van der Waals surface area contributed by atoms with E-state index in [1.807, 2.05) is 0 Å². The zero-order valence-electron chi connectivity index (χ0n) is 15.7. The first-order chi connectivity index (χ1) is 13.6. The van der Waals surface area contributed by atoms with E-state index < -0.39 is 46.0 Å². The Hall–Kier alpha value is -2.46. The van der Waals surface area contributed by atoms with Crippen LogP contribution in [0.1, 0.15) is 27.6 Å². The molecule has 0 radical (unpaired) electrons. The van der Waals surface area contributed by atoms with Crippen LogP contribution in [0, 0.1) is 0 Å². The first-order valence-electron chi connectivity index (χ1n) is 8.63. The molecule has 3 heterocycles. The summed E-state index contributed by atoms with van der Waals surface area (Å²) in [5.74, 6) is -2.28. The van der Waals surface area contributed by atoms with Crippen molar-refractivity contribution in [1.82, 2.24) is 9.80 Å². The number of rotatable bonds is 4. The van der Waals surface area contributed by atoms with Gasteiger partial charge in [-0.1, -0.05) is 0 Å². The number of amides is 3. The molecule has 0 bridgehead atoms. The summed E-state index contributed by atoms with van der Waals surface area (Å²) in [5.41, 5.74) is 0.216. The van der Waals surface area contributed by atoms with E-state index in [9.17, 15) is 24.3 Å². The van der Waals surface area contributed by atoms with Crippen molar-refractivity contribution >= 4 is 47.1 Å². The molecule has 1 aromatic carbocycles. The Kier molecular flexibility index (Phi) is 4.47. The van der Waals surface area contributed by atoms with Gasteiger partial charge in [0, 0.05) is 5.75 Å². The third-order valence-electron chi connectivity index (χ3n) is 5.37. The van der Waals surface area contributed by atoms with Crippen LogP contribution in [0.3, 0.4) is 0 Å². The number of hydrogen-bond acceptors (Lipinski definition) is 7. The lowest BCUT2D eigenvalue weighted by Crippen LogP contribution is -2.78. The van der Waals surface area contributed by atoms with Crippen LogP contribution in [0.5, 0.6) is 11.5 Å². The number of ether oxygens (including phenoxy) is 2. The van der Waals surface area contributed by atoms with E-state index >= 15 is 0 Å². The molecule has 0 saturated carbocycles. The fourth-order valence-electron chi connectivity index (χ4n) is 3.98. The van der Waals surface area contributed by atoms with Crippen molar-refractivity contribution in [2.24, 2.45) is 0 Å². The van der Waals surface area contributed by atoms with Gasteiger partial charge >= 0.3 is 5.97 Å². The van der Waals surface area contributed by atoms with E-state index in [0.29, 0.717) is 0 Å². The minimum atomic E-state index is -1.24. The van der Waals surface area contributed by atoms with Crippen LogP contribution in [0.2, 0.25) is 0 Å². The lowest BCUT2D eigenvalue weighted by molar-refractivity contribution is -0.165. The molecule has 2 saturated heterocycles. The van der Waals surface area contributed by atoms with E-state index in [-0.39, 0.29) is 28.4 Å². The van der Waals surface area contributed by atoms with Crippen LogP contribution >= 0.6 is 23.4 Å². The second-order valence-corrected chi connectivity index (χ2v) is 9.11. The number of imide groups is 1. The molecule has 1 N–H and O–H groups in total. The third kappa shape index (κ3) is 2.62. The van der Waals surface area contributed by atoms with Crippen LogP contribution in [-0.4, -0.2) is 80.9 Å². The maximum atomic E-state index is 13.0. The first kappa shape index (κ1) is 19.8. The number of carboxylic acids is 1. The van der Waals surface area contributed by atoms with Crippen molar-refractivity contribution in [2.75, 3.05) is 20.0 Å². The molecule has 9 nitrogen and oxygen atoms in total. The lowest BCUT2D eigenvalue weighted by Gasteiger charge is -2.57. The number of aliphatic carboxylic acids is 1. The number of benzene rings is 1. The van der Waals surface area contributed by atoms with Crippen molar-refractivity contribution in [1.29, 1.82) is 0 Å². The fraction of sp³-hybridized carbons (Fsp3) is 0.444. The number of methoxy groups -OCH3 is 2. The summed E-state index contributed by atoms with van der Waals surface area (Å²) in [7, 11) is 2.81. The largest absolute Gasteiger partial charge is 0.493 e. The van der Waals surface area contributed by atoms with Gasteiger partial charge in [-0.3, -0.25) is 19.3 Å². The molecule has 2 fully saturated rings. The summed E-state index contributed by atoms with van der Waals surface area (Å²) in [4.78, 5) is 51.4.